The standard InChI is InChI=1S/C15H14Cl2N2S/c1-9-3-5-13(10(2)7-9)18-15(20)19-14-6-4-11(16)8-12(14)17/h3-8H,1-2H3,(H2,18,19,20). The maximum Gasteiger partial charge on any atom is 0.175 e. The molecular formula is C15H14Cl2N2S. The number of aryl methyl sites for hydroxylation is 2. The molecule has 2 aromatic rings. The topological polar surface area (TPSA) is 24.1 Å². The van der Waals surface area contributed by atoms with Gasteiger partial charge in [0.15, 0.2) is 5.11 Å². The molecule has 0 bridgehead atoms. The summed E-state index contributed by atoms with van der Waals surface area (Å²) in [6.07, 6.45) is 0. The number of hydrogen-bond acceptors (Lipinski definition) is 1. The molecule has 0 unspecified atom stereocenters. The Morgan fingerprint density at radius 2 is 1.60 bits per heavy atom. The highest BCUT2D eigenvalue weighted by Crippen LogP contribution is 2.25. The van der Waals surface area contributed by atoms with Crippen LogP contribution in [0.1, 0.15) is 11.1 Å². The first-order valence-electron chi connectivity index (χ1n) is 6.06. The van der Waals surface area contributed by atoms with E-state index in [1.165, 1.54) is 5.56 Å². The first-order chi connectivity index (χ1) is 9.45. The molecule has 0 heterocycles. The maximum absolute atomic E-state index is 6.09. The van der Waals surface area contributed by atoms with E-state index in [-0.39, 0.29) is 0 Å². The van der Waals surface area contributed by atoms with Gasteiger partial charge >= 0.3 is 0 Å². The lowest BCUT2D eigenvalue weighted by molar-refractivity contribution is 1.38. The van der Waals surface area contributed by atoms with Gasteiger partial charge in [0.05, 0.1) is 10.7 Å². The summed E-state index contributed by atoms with van der Waals surface area (Å²) >= 11 is 17.2. The Morgan fingerprint density at radius 3 is 2.25 bits per heavy atom. The molecule has 104 valence electrons. The maximum atomic E-state index is 6.09. The van der Waals surface area contributed by atoms with Gasteiger partial charge in [0.2, 0.25) is 0 Å². The van der Waals surface area contributed by atoms with Crippen molar-refractivity contribution in [1.29, 1.82) is 0 Å². The zero-order valence-electron chi connectivity index (χ0n) is 11.1. The molecular weight excluding hydrogens is 311 g/mol. The lowest BCUT2D eigenvalue weighted by atomic mass is 10.1. The van der Waals surface area contributed by atoms with Crippen LogP contribution in [0.2, 0.25) is 10.0 Å². The monoisotopic (exact) mass is 324 g/mol. The molecule has 0 aliphatic rings. The third-order valence-electron chi connectivity index (χ3n) is 2.81. The molecule has 0 radical (unpaired) electrons. The predicted molar refractivity (Wildman–Crippen MR) is 92.2 cm³/mol. The summed E-state index contributed by atoms with van der Waals surface area (Å²) in [5, 5.41) is 7.82. The number of benzene rings is 2. The van der Waals surface area contributed by atoms with E-state index in [1.807, 2.05) is 19.1 Å². The summed E-state index contributed by atoms with van der Waals surface area (Å²) in [4.78, 5) is 0. The molecule has 2 rings (SSSR count). The average molecular weight is 325 g/mol. The van der Waals surface area contributed by atoms with Gasteiger partial charge in [0, 0.05) is 10.7 Å². The highest BCUT2D eigenvalue weighted by molar-refractivity contribution is 7.80. The third-order valence-corrected chi connectivity index (χ3v) is 3.56. The van der Waals surface area contributed by atoms with Gasteiger partial charge in [-0.2, -0.15) is 0 Å². The minimum absolute atomic E-state index is 0.487. The Hall–Kier alpha value is -1.29. The van der Waals surface area contributed by atoms with E-state index < -0.39 is 0 Å². The van der Waals surface area contributed by atoms with Gasteiger partial charge in [-0.05, 0) is 55.9 Å². The van der Waals surface area contributed by atoms with Crippen LogP contribution in [0.3, 0.4) is 0 Å². The van der Waals surface area contributed by atoms with E-state index in [9.17, 15) is 0 Å². The largest absolute Gasteiger partial charge is 0.332 e. The highest BCUT2D eigenvalue weighted by Gasteiger charge is 2.05. The second-order valence-corrected chi connectivity index (χ2v) is 5.77. The van der Waals surface area contributed by atoms with Crippen LogP contribution in [-0.2, 0) is 0 Å². The van der Waals surface area contributed by atoms with Crippen molar-refractivity contribution in [3.63, 3.8) is 0 Å². The van der Waals surface area contributed by atoms with Crippen molar-refractivity contribution in [3.05, 3.63) is 57.6 Å². The number of halogens is 2. The van der Waals surface area contributed by atoms with Crippen molar-refractivity contribution in [2.45, 2.75) is 13.8 Å². The summed E-state index contributed by atoms with van der Waals surface area (Å²) in [6.45, 7) is 4.09. The quantitative estimate of drug-likeness (QED) is 0.721. The summed E-state index contributed by atoms with van der Waals surface area (Å²) in [7, 11) is 0. The Kier molecular flexibility index (Phi) is 4.86. The summed E-state index contributed by atoms with van der Waals surface area (Å²) in [5.41, 5.74) is 4.04. The summed E-state index contributed by atoms with van der Waals surface area (Å²) in [5.74, 6) is 0. The minimum atomic E-state index is 0.487. The van der Waals surface area contributed by atoms with E-state index in [0.717, 1.165) is 16.9 Å². The van der Waals surface area contributed by atoms with Gasteiger partial charge in [-0.3, -0.25) is 0 Å². The van der Waals surface area contributed by atoms with E-state index in [4.69, 9.17) is 35.4 Å². The molecule has 0 aliphatic carbocycles. The lowest BCUT2D eigenvalue weighted by Crippen LogP contribution is -2.19. The first-order valence-corrected chi connectivity index (χ1v) is 7.22. The summed E-state index contributed by atoms with van der Waals surface area (Å²) in [6, 6.07) is 11.4. The van der Waals surface area contributed by atoms with E-state index >= 15 is 0 Å². The van der Waals surface area contributed by atoms with Crippen LogP contribution in [0.25, 0.3) is 0 Å². The fourth-order valence-electron chi connectivity index (χ4n) is 1.82. The van der Waals surface area contributed by atoms with E-state index in [0.29, 0.717) is 15.2 Å². The van der Waals surface area contributed by atoms with Crippen LogP contribution < -0.4 is 10.6 Å². The fraction of sp³-hybridized carbons (Fsp3) is 0.133. The predicted octanol–water partition coefficient (Wildman–Crippen LogP) is 5.42. The smallest absolute Gasteiger partial charge is 0.175 e. The molecule has 0 aliphatic heterocycles. The summed E-state index contributed by atoms with van der Waals surface area (Å²) < 4.78 is 0. The molecule has 0 amide bonds. The Labute approximate surface area is 134 Å². The average Bonchev–Trinajstić information content (AvgIpc) is 2.36. The lowest BCUT2D eigenvalue weighted by Gasteiger charge is -2.14. The Morgan fingerprint density at radius 1 is 0.950 bits per heavy atom. The van der Waals surface area contributed by atoms with Crippen LogP contribution in [0, 0.1) is 13.8 Å². The van der Waals surface area contributed by atoms with Crippen molar-refractivity contribution in [2.75, 3.05) is 10.6 Å². The Bertz CT molecular complexity index is 601. The highest BCUT2D eigenvalue weighted by atomic mass is 35.5. The van der Waals surface area contributed by atoms with Crippen molar-refractivity contribution in [1.82, 2.24) is 0 Å². The number of anilines is 2. The van der Waals surface area contributed by atoms with Crippen LogP contribution in [0.4, 0.5) is 11.4 Å². The van der Waals surface area contributed by atoms with Crippen molar-refractivity contribution >= 4 is 51.9 Å². The minimum Gasteiger partial charge on any atom is -0.332 e. The number of thiocarbonyl (C=S) groups is 1. The third kappa shape index (κ3) is 3.85. The van der Waals surface area contributed by atoms with Crippen LogP contribution >= 0.6 is 35.4 Å². The van der Waals surface area contributed by atoms with Gasteiger partial charge in [-0.1, -0.05) is 40.9 Å². The molecule has 0 atom stereocenters. The van der Waals surface area contributed by atoms with Gasteiger partial charge in [-0.15, -0.1) is 0 Å². The zero-order valence-corrected chi connectivity index (χ0v) is 13.5. The normalized spacial score (nSPS) is 10.2. The number of rotatable bonds is 2. The van der Waals surface area contributed by atoms with Crippen LogP contribution in [0.5, 0.6) is 0 Å². The molecule has 0 saturated heterocycles. The second-order valence-electron chi connectivity index (χ2n) is 4.52. The SMILES string of the molecule is Cc1ccc(NC(=S)Nc2ccc(Cl)cc2Cl)c(C)c1. The van der Waals surface area contributed by atoms with Crippen molar-refractivity contribution < 1.29 is 0 Å². The van der Waals surface area contributed by atoms with Crippen LogP contribution in [0.15, 0.2) is 36.4 Å². The van der Waals surface area contributed by atoms with Gasteiger partial charge in [0.25, 0.3) is 0 Å². The van der Waals surface area contributed by atoms with Gasteiger partial charge < -0.3 is 10.6 Å². The molecule has 20 heavy (non-hydrogen) atoms. The molecule has 0 fully saturated rings. The number of hydrogen-bond donors (Lipinski definition) is 2. The van der Waals surface area contributed by atoms with Gasteiger partial charge in [-0.25, -0.2) is 0 Å². The molecule has 0 aromatic heterocycles. The Balaban J connectivity index is 2.09. The van der Waals surface area contributed by atoms with Crippen LogP contribution in [-0.4, -0.2) is 5.11 Å². The second kappa shape index (κ2) is 6.44. The molecule has 2 aromatic carbocycles. The molecule has 5 heteroatoms. The van der Waals surface area contributed by atoms with Crippen molar-refractivity contribution in [2.24, 2.45) is 0 Å². The first kappa shape index (κ1) is 15.1. The zero-order chi connectivity index (χ0) is 14.7. The fourth-order valence-corrected chi connectivity index (χ4v) is 2.50. The van der Waals surface area contributed by atoms with Crippen molar-refractivity contribution in [3.8, 4) is 0 Å². The van der Waals surface area contributed by atoms with Gasteiger partial charge in [0.1, 0.15) is 0 Å². The molecule has 2 N–H and O–H groups in total. The van der Waals surface area contributed by atoms with E-state index in [1.54, 1.807) is 18.2 Å². The number of nitrogens with one attached hydrogen (secondary N) is 2. The molecule has 0 saturated carbocycles. The molecule has 2 nitrogen and oxygen atoms in total. The molecule has 0 spiro atoms. The van der Waals surface area contributed by atoms with E-state index in [2.05, 4.69) is 23.6 Å².